The maximum absolute atomic E-state index is 6.81. The Morgan fingerprint density at radius 3 is 1.42 bits per heavy atom. The van der Waals surface area contributed by atoms with E-state index < -0.39 is 8.56 Å². The predicted octanol–water partition coefficient (Wildman–Crippen LogP) is 5.46. The van der Waals surface area contributed by atoms with Crippen LogP contribution in [-0.4, -0.2) is 21.8 Å². The maximum atomic E-state index is 6.81. The molecular formula is C30H28O2Si. The van der Waals surface area contributed by atoms with E-state index in [0.717, 1.165) is 12.8 Å². The Morgan fingerprint density at radius 1 is 0.545 bits per heavy atom. The minimum Gasteiger partial charge on any atom is -0.388 e. The molecule has 0 unspecified atom stereocenters. The number of benzene rings is 4. The molecule has 0 amide bonds. The number of fused-ring (bicyclic) bond motifs is 6. The molecule has 0 fully saturated rings. The first-order valence-electron chi connectivity index (χ1n) is 12.0. The summed E-state index contributed by atoms with van der Waals surface area (Å²) in [6, 6.07) is 31.0. The van der Waals surface area contributed by atoms with Gasteiger partial charge in [0.15, 0.2) is 0 Å². The fraction of sp³-hybridized carbons (Fsp3) is 0.200. The van der Waals surface area contributed by atoms with Gasteiger partial charge in [0.25, 0.3) is 0 Å². The second-order valence-electron chi connectivity index (χ2n) is 8.81. The first-order chi connectivity index (χ1) is 16.3. The molecule has 0 heterocycles. The van der Waals surface area contributed by atoms with Crippen molar-refractivity contribution < 1.29 is 8.85 Å². The van der Waals surface area contributed by atoms with Crippen molar-refractivity contribution >= 4 is 18.9 Å². The van der Waals surface area contributed by atoms with Crippen LogP contribution in [0, 0.1) is 0 Å². The Labute approximate surface area is 197 Å². The van der Waals surface area contributed by atoms with Crippen molar-refractivity contribution in [2.45, 2.75) is 26.7 Å². The highest BCUT2D eigenvalue weighted by Crippen LogP contribution is 2.39. The molecule has 164 valence electrons. The van der Waals surface area contributed by atoms with E-state index in [1.54, 1.807) is 0 Å². The van der Waals surface area contributed by atoms with Crippen LogP contribution >= 0.6 is 0 Å². The molecule has 0 N–H and O–H groups in total. The predicted molar refractivity (Wildman–Crippen MR) is 138 cm³/mol. The summed E-state index contributed by atoms with van der Waals surface area (Å²) >= 11 is 0. The van der Waals surface area contributed by atoms with Crippen LogP contribution in [0.5, 0.6) is 0 Å². The molecule has 2 nitrogen and oxygen atoms in total. The van der Waals surface area contributed by atoms with E-state index in [4.69, 9.17) is 8.85 Å². The average molecular weight is 449 g/mol. The van der Waals surface area contributed by atoms with Gasteiger partial charge in [0.05, 0.1) is 0 Å². The van der Waals surface area contributed by atoms with Gasteiger partial charge in [-0.2, -0.15) is 0 Å². The van der Waals surface area contributed by atoms with Crippen LogP contribution in [0.25, 0.3) is 22.3 Å². The fourth-order valence-corrected chi connectivity index (χ4v) is 9.52. The Balaban J connectivity index is 1.60. The van der Waals surface area contributed by atoms with Gasteiger partial charge in [0, 0.05) is 23.6 Å². The lowest BCUT2D eigenvalue weighted by Crippen LogP contribution is -2.65. The first kappa shape index (κ1) is 20.6. The van der Waals surface area contributed by atoms with E-state index in [2.05, 4.69) is 98.8 Å². The third-order valence-electron chi connectivity index (χ3n) is 7.11. The number of hydrogen-bond acceptors (Lipinski definition) is 2. The van der Waals surface area contributed by atoms with Gasteiger partial charge < -0.3 is 8.85 Å². The highest BCUT2D eigenvalue weighted by atomic mass is 28.4. The van der Waals surface area contributed by atoms with Crippen LogP contribution in [0.3, 0.4) is 0 Å². The molecule has 3 heteroatoms. The molecule has 4 aromatic rings. The largest absolute Gasteiger partial charge is 0.407 e. The normalized spacial score (nSPS) is 13.4. The van der Waals surface area contributed by atoms with E-state index in [1.165, 1.54) is 54.9 Å². The molecule has 0 atom stereocenters. The lowest BCUT2D eigenvalue weighted by Gasteiger charge is -2.34. The third kappa shape index (κ3) is 3.07. The van der Waals surface area contributed by atoms with Crippen LogP contribution in [0.15, 0.2) is 84.9 Å². The van der Waals surface area contributed by atoms with Crippen molar-refractivity contribution in [3.05, 3.63) is 107 Å². The van der Waals surface area contributed by atoms with Crippen LogP contribution in [0.2, 0.25) is 0 Å². The summed E-state index contributed by atoms with van der Waals surface area (Å²) in [5.74, 6) is 0. The molecule has 0 radical (unpaired) electrons. The Hall–Kier alpha value is -2.98. The quantitative estimate of drug-likeness (QED) is 0.315. The minimum absolute atomic E-state index is 0.624. The lowest BCUT2D eigenvalue weighted by atomic mass is 10.1. The standard InChI is InChI=1S/C30H28O2Si/c1-3-31-33(32-4-2,29-17-9-15-25-23-13-7-5-11-21(23)19-27(25)29)30-18-10-16-26-24-14-8-6-12-22(24)20-28(26)30/h5-18H,3-4,19-20H2,1-2H3. The lowest BCUT2D eigenvalue weighted by molar-refractivity contribution is 0.208. The molecule has 0 aliphatic heterocycles. The molecule has 0 saturated heterocycles. The van der Waals surface area contributed by atoms with Gasteiger partial charge in [-0.15, -0.1) is 0 Å². The summed E-state index contributed by atoms with van der Waals surface area (Å²) in [4.78, 5) is 0. The van der Waals surface area contributed by atoms with Gasteiger partial charge >= 0.3 is 8.56 Å². The highest BCUT2D eigenvalue weighted by Gasteiger charge is 2.47. The smallest absolute Gasteiger partial charge is 0.388 e. The second-order valence-corrected chi connectivity index (χ2v) is 11.7. The molecule has 0 aromatic heterocycles. The zero-order chi connectivity index (χ0) is 22.4. The summed E-state index contributed by atoms with van der Waals surface area (Å²) in [7, 11) is -2.94. The molecule has 33 heavy (non-hydrogen) atoms. The molecule has 4 aromatic carbocycles. The van der Waals surface area contributed by atoms with Crippen LogP contribution in [0.4, 0.5) is 0 Å². The molecular weight excluding hydrogens is 420 g/mol. The molecule has 2 aliphatic rings. The van der Waals surface area contributed by atoms with Crippen molar-refractivity contribution in [1.29, 1.82) is 0 Å². The van der Waals surface area contributed by atoms with Gasteiger partial charge in [-0.05, 0) is 71.2 Å². The van der Waals surface area contributed by atoms with Gasteiger partial charge in [0.1, 0.15) is 0 Å². The van der Waals surface area contributed by atoms with Crippen molar-refractivity contribution in [1.82, 2.24) is 0 Å². The minimum atomic E-state index is -2.94. The molecule has 0 bridgehead atoms. The van der Waals surface area contributed by atoms with Gasteiger partial charge in [-0.25, -0.2) is 0 Å². The summed E-state index contributed by atoms with van der Waals surface area (Å²) < 4.78 is 13.6. The van der Waals surface area contributed by atoms with Gasteiger partial charge in [-0.1, -0.05) is 84.9 Å². The summed E-state index contributed by atoms with van der Waals surface area (Å²) in [6.07, 6.45) is 1.87. The van der Waals surface area contributed by atoms with Crippen molar-refractivity contribution in [2.24, 2.45) is 0 Å². The molecule has 6 rings (SSSR count). The van der Waals surface area contributed by atoms with E-state index in [0.29, 0.717) is 13.2 Å². The van der Waals surface area contributed by atoms with E-state index >= 15 is 0 Å². The monoisotopic (exact) mass is 448 g/mol. The van der Waals surface area contributed by atoms with E-state index in [9.17, 15) is 0 Å². The maximum Gasteiger partial charge on any atom is 0.407 e. The van der Waals surface area contributed by atoms with Crippen molar-refractivity contribution in [3.63, 3.8) is 0 Å². The Morgan fingerprint density at radius 2 is 0.970 bits per heavy atom. The van der Waals surface area contributed by atoms with E-state index in [1.807, 2.05) is 0 Å². The topological polar surface area (TPSA) is 18.5 Å². The fourth-order valence-electron chi connectivity index (χ4n) is 5.84. The summed E-state index contributed by atoms with van der Waals surface area (Å²) in [6.45, 7) is 5.44. The number of rotatable bonds is 6. The van der Waals surface area contributed by atoms with Crippen LogP contribution < -0.4 is 10.4 Å². The first-order valence-corrected chi connectivity index (χ1v) is 13.8. The molecule has 0 saturated carbocycles. The molecule has 2 aliphatic carbocycles. The average Bonchev–Trinajstić information content (AvgIpc) is 3.42. The van der Waals surface area contributed by atoms with Gasteiger partial charge in [-0.3, -0.25) is 0 Å². The zero-order valence-corrected chi connectivity index (χ0v) is 20.2. The van der Waals surface area contributed by atoms with Crippen LogP contribution in [0.1, 0.15) is 36.1 Å². The van der Waals surface area contributed by atoms with Crippen molar-refractivity contribution in [2.75, 3.05) is 13.2 Å². The third-order valence-corrected chi connectivity index (χ3v) is 10.9. The van der Waals surface area contributed by atoms with Crippen molar-refractivity contribution in [3.8, 4) is 22.3 Å². The highest BCUT2D eigenvalue weighted by molar-refractivity contribution is 6.93. The Bertz CT molecular complexity index is 1250. The SMILES string of the molecule is CCO[Si](OCC)(c1cccc2c1Cc1ccccc1-2)c1cccc2c1Cc1ccccc1-2. The van der Waals surface area contributed by atoms with Crippen LogP contribution in [-0.2, 0) is 21.7 Å². The molecule has 0 spiro atoms. The van der Waals surface area contributed by atoms with Gasteiger partial charge in [0.2, 0.25) is 0 Å². The summed E-state index contributed by atoms with van der Waals surface area (Å²) in [5, 5.41) is 2.54. The van der Waals surface area contributed by atoms with E-state index in [-0.39, 0.29) is 0 Å². The Kier molecular flexibility index (Phi) is 5.06. The summed E-state index contributed by atoms with van der Waals surface area (Å²) in [5.41, 5.74) is 10.9. The number of hydrogen-bond donors (Lipinski definition) is 0. The second kappa shape index (κ2) is 8.10. The zero-order valence-electron chi connectivity index (χ0n) is 19.2.